The molecule has 65 heavy (non-hydrogen) atoms. The zero-order valence-electron chi connectivity index (χ0n) is 35.7. The van der Waals surface area contributed by atoms with E-state index in [1.807, 2.05) is 5.38 Å². The van der Waals surface area contributed by atoms with E-state index in [0.717, 1.165) is 45.3 Å². The Morgan fingerprint density at radius 3 is 1.68 bits per heavy atom. The number of hydrogen-bond acceptors (Lipinski definition) is 17. The lowest BCUT2D eigenvalue weighted by Crippen LogP contribution is -2.50. The van der Waals surface area contributed by atoms with Gasteiger partial charge in [-0.2, -0.15) is 8.42 Å². The average Bonchev–Trinajstić information content (AvgIpc) is 4.13. The highest BCUT2D eigenvalue weighted by molar-refractivity contribution is 7.86. The van der Waals surface area contributed by atoms with Crippen molar-refractivity contribution in [1.29, 1.82) is 10.8 Å². The van der Waals surface area contributed by atoms with Gasteiger partial charge < -0.3 is 24.8 Å². The second-order valence-electron chi connectivity index (χ2n) is 15.1. The molecule has 7 rings (SSSR count). The smallest absolute Gasteiger partial charge is 0.414 e. The quantitative estimate of drug-likeness (QED) is 0.0301. The van der Waals surface area contributed by atoms with Crippen LogP contribution in [0, 0.1) is 10.8 Å². The zero-order valence-corrected chi connectivity index (χ0v) is 38.2. The first-order chi connectivity index (χ1) is 31.1. The van der Waals surface area contributed by atoms with Gasteiger partial charge in [0.25, 0.3) is 21.9 Å². The van der Waals surface area contributed by atoms with Gasteiger partial charge in [-0.15, -0.1) is 22.7 Å². The number of esters is 1. The Hall–Kier alpha value is -6.04. The molecule has 4 aromatic rings. The number of carbonyl (C=O) groups is 5. The van der Waals surface area contributed by atoms with Gasteiger partial charge in [0.2, 0.25) is 0 Å². The lowest BCUT2D eigenvalue weighted by molar-refractivity contribution is -0.145. The Labute approximate surface area is 384 Å². The number of ether oxygens (including phenoxy) is 3. The van der Waals surface area contributed by atoms with Crippen LogP contribution in [0.3, 0.4) is 0 Å². The summed E-state index contributed by atoms with van der Waals surface area (Å²) in [6, 6.07) is 20.3. The highest BCUT2D eigenvalue weighted by atomic mass is 32.2. The van der Waals surface area contributed by atoms with Crippen LogP contribution in [-0.2, 0) is 33.3 Å². The van der Waals surface area contributed by atoms with Crippen molar-refractivity contribution < 1.29 is 50.8 Å². The maximum absolute atomic E-state index is 12.5. The Morgan fingerprint density at radius 2 is 1.22 bits per heavy atom. The van der Waals surface area contributed by atoms with Crippen LogP contribution in [0.4, 0.5) is 21.0 Å². The number of benzene rings is 2. The summed E-state index contributed by atoms with van der Waals surface area (Å²) in [4.78, 5) is 69.0. The van der Waals surface area contributed by atoms with Crippen molar-refractivity contribution >= 4 is 85.8 Å². The number of amidine groups is 2. The highest BCUT2D eigenvalue weighted by Crippen LogP contribution is 2.25. The predicted octanol–water partition coefficient (Wildman–Crippen LogP) is 4.59. The molecule has 346 valence electrons. The monoisotopic (exact) mass is 950 g/mol. The van der Waals surface area contributed by atoms with Gasteiger partial charge in [-0.1, -0.05) is 25.5 Å². The molecule has 3 aliphatic rings. The van der Waals surface area contributed by atoms with Crippen molar-refractivity contribution in [3.63, 3.8) is 0 Å². The highest BCUT2D eigenvalue weighted by Gasteiger charge is 2.35. The molecule has 3 saturated heterocycles. The SMILES string of the molecule is CCCCOC(=O)CN1CCN(CC2CN(c3ccc(C(=N)NC(=O)c4cccs4)cc3)C(=O)O2)CC1.CS(=O)(=O)OCC1CN(c2ccc(C(=N)NC(=O)c3cccs3)cc2)C(=O)O1. The average molecular weight is 951 g/mol. The number of anilines is 2. The second-order valence-corrected chi connectivity index (χ2v) is 18.6. The number of hydrogen-bond donors (Lipinski definition) is 4. The molecule has 5 heterocycles. The Kier molecular flexibility index (Phi) is 16.9. The normalized spacial score (nSPS) is 17.7. The molecule has 4 amide bonds. The van der Waals surface area contributed by atoms with Gasteiger partial charge >= 0.3 is 18.2 Å². The van der Waals surface area contributed by atoms with Crippen LogP contribution in [0.1, 0.15) is 50.2 Å². The fourth-order valence-corrected chi connectivity index (χ4v) is 8.39. The fraction of sp³-hybridized carbons (Fsp3) is 0.372. The summed E-state index contributed by atoms with van der Waals surface area (Å²) in [5.74, 6) is -0.912. The van der Waals surface area contributed by atoms with E-state index in [9.17, 15) is 32.4 Å². The number of amides is 4. The summed E-state index contributed by atoms with van der Waals surface area (Å²) in [7, 11) is -3.62. The van der Waals surface area contributed by atoms with Gasteiger partial charge in [-0.25, -0.2) is 9.59 Å². The van der Waals surface area contributed by atoms with Crippen molar-refractivity contribution in [3.8, 4) is 0 Å². The molecule has 0 saturated carbocycles. The van der Waals surface area contributed by atoms with E-state index in [2.05, 4.69) is 31.5 Å². The number of rotatable bonds is 16. The number of unbranched alkanes of at least 4 members (excludes halogenated alkanes) is 1. The largest absolute Gasteiger partial charge is 0.465 e. The number of nitrogens with zero attached hydrogens (tertiary/aromatic N) is 4. The number of carbonyl (C=O) groups excluding carboxylic acids is 5. The standard InChI is InChI=1S/C26H33N5O5S.C17H17N3O6S2/c1-2-3-14-35-23(32)18-30-12-10-29(11-13-30)16-21-17-31(26(34)36-21)20-8-6-19(7-9-20)24(27)28-25(33)22-5-4-15-37-22;1-28(23,24)25-10-13-9-20(17(22)26-13)12-6-4-11(5-7-12)15(18)19-16(21)14-3-2-8-27-14/h4-9,15,21H,2-3,10-14,16-18H2,1H3,(H2,27,28,33);2-8,13H,9-10H2,1H3,(H2,18,19,21). The summed E-state index contributed by atoms with van der Waals surface area (Å²) in [5, 5.41) is 24.9. The molecule has 19 nitrogen and oxygen atoms in total. The summed E-state index contributed by atoms with van der Waals surface area (Å²) in [6.45, 7) is 6.95. The molecule has 4 N–H and O–H groups in total. The lowest BCUT2D eigenvalue weighted by atomic mass is 10.1. The Morgan fingerprint density at radius 1 is 0.738 bits per heavy atom. The number of nitrogens with one attached hydrogen (secondary N) is 4. The van der Waals surface area contributed by atoms with Crippen LogP contribution in [0.25, 0.3) is 0 Å². The van der Waals surface area contributed by atoms with Crippen LogP contribution >= 0.6 is 22.7 Å². The van der Waals surface area contributed by atoms with E-state index in [1.165, 1.54) is 27.6 Å². The lowest BCUT2D eigenvalue weighted by Gasteiger charge is -2.34. The van der Waals surface area contributed by atoms with Gasteiger partial charge in [-0.3, -0.25) is 49.0 Å². The van der Waals surface area contributed by atoms with E-state index in [1.54, 1.807) is 83.1 Å². The molecular formula is C43H50N8O11S3. The minimum atomic E-state index is -3.62. The molecule has 2 atom stereocenters. The second kappa shape index (κ2) is 22.7. The molecule has 22 heteroatoms. The zero-order chi connectivity index (χ0) is 46.5. The van der Waals surface area contributed by atoms with Crippen molar-refractivity contribution in [1.82, 2.24) is 20.4 Å². The third kappa shape index (κ3) is 14.2. The number of thiophene rings is 2. The van der Waals surface area contributed by atoms with Crippen molar-refractivity contribution in [2.75, 3.05) is 81.6 Å². The first kappa shape index (κ1) is 48.4. The minimum Gasteiger partial charge on any atom is -0.465 e. The van der Waals surface area contributed by atoms with Gasteiger partial charge in [0.05, 0.1) is 42.3 Å². The van der Waals surface area contributed by atoms with Crippen molar-refractivity contribution in [3.05, 3.63) is 104 Å². The van der Waals surface area contributed by atoms with Gasteiger partial charge in [0.1, 0.15) is 30.5 Å². The van der Waals surface area contributed by atoms with Crippen molar-refractivity contribution in [2.45, 2.75) is 32.0 Å². The molecule has 2 unspecified atom stereocenters. The van der Waals surface area contributed by atoms with Gasteiger partial charge in [0.15, 0.2) is 0 Å². The van der Waals surface area contributed by atoms with Crippen molar-refractivity contribution in [2.24, 2.45) is 0 Å². The number of piperazine rings is 1. The fourth-order valence-electron chi connectivity index (χ4n) is 6.75. The van der Waals surface area contributed by atoms with Crippen LogP contribution in [-0.4, -0.2) is 144 Å². The summed E-state index contributed by atoms with van der Waals surface area (Å²) < 4.78 is 42.7. The molecule has 3 fully saturated rings. The first-order valence-corrected chi connectivity index (χ1v) is 24.2. The van der Waals surface area contributed by atoms with Crippen LogP contribution < -0.4 is 20.4 Å². The molecule has 0 radical (unpaired) electrons. The molecule has 0 aliphatic carbocycles. The molecule has 0 bridgehead atoms. The third-order valence-electron chi connectivity index (χ3n) is 10.2. The van der Waals surface area contributed by atoms with E-state index in [-0.39, 0.29) is 48.7 Å². The number of cyclic esters (lactones) is 2. The summed E-state index contributed by atoms with van der Waals surface area (Å²) >= 11 is 2.59. The molecule has 0 spiro atoms. The van der Waals surface area contributed by atoms with E-state index in [0.29, 0.717) is 58.5 Å². The maximum atomic E-state index is 12.5. The molecule has 2 aromatic heterocycles. The van der Waals surface area contributed by atoms with Crippen LogP contribution in [0.15, 0.2) is 83.6 Å². The van der Waals surface area contributed by atoms with E-state index >= 15 is 0 Å². The molecule has 2 aromatic carbocycles. The van der Waals surface area contributed by atoms with E-state index in [4.69, 9.17) is 25.0 Å². The van der Waals surface area contributed by atoms with Crippen LogP contribution in [0.2, 0.25) is 0 Å². The van der Waals surface area contributed by atoms with Gasteiger partial charge in [-0.05, 0) is 77.8 Å². The van der Waals surface area contributed by atoms with E-state index < -0.39 is 28.4 Å². The molecule has 3 aliphatic heterocycles. The Balaban J connectivity index is 0.000000224. The third-order valence-corrected chi connectivity index (χ3v) is 12.5. The Bertz CT molecular complexity index is 2410. The summed E-state index contributed by atoms with van der Waals surface area (Å²) in [5.41, 5.74) is 2.22. The first-order valence-electron chi connectivity index (χ1n) is 20.6. The topological polar surface area (TPSA) is 241 Å². The van der Waals surface area contributed by atoms with Gasteiger partial charge in [0, 0.05) is 55.2 Å². The predicted molar refractivity (Wildman–Crippen MR) is 245 cm³/mol. The minimum absolute atomic E-state index is 0.000175. The summed E-state index contributed by atoms with van der Waals surface area (Å²) in [6.07, 6.45) is 0.848. The van der Waals surface area contributed by atoms with Crippen LogP contribution in [0.5, 0.6) is 0 Å². The maximum Gasteiger partial charge on any atom is 0.414 e. The molecular weight excluding hydrogens is 901 g/mol.